The second kappa shape index (κ2) is 6.80. The topological polar surface area (TPSA) is 40.5 Å². The summed E-state index contributed by atoms with van der Waals surface area (Å²) in [5, 5.41) is 6.84. The number of aliphatic imine (C=N–C) groups is 1. The van der Waals surface area contributed by atoms with E-state index in [4.69, 9.17) is 9.98 Å². The minimum Gasteiger partial charge on any atom is -0.356 e. The maximum Gasteiger partial charge on any atom is 0.194 e. The molecule has 0 spiro atoms. The average Bonchev–Trinajstić information content (AvgIpc) is 2.93. The van der Waals surface area contributed by atoms with Gasteiger partial charge in [0, 0.05) is 48.3 Å². The van der Waals surface area contributed by atoms with Gasteiger partial charge in [0.15, 0.2) is 5.96 Å². The molecule has 0 atom stereocenters. The van der Waals surface area contributed by atoms with E-state index in [1.54, 1.807) is 11.3 Å². The van der Waals surface area contributed by atoms with Gasteiger partial charge in [-0.1, -0.05) is 27.7 Å². The van der Waals surface area contributed by atoms with Crippen LogP contribution in [0.5, 0.6) is 0 Å². The highest BCUT2D eigenvalue weighted by Gasteiger charge is 2.53. The van der Waals surface area contributed by atoms with Gasteiger partial charge in [-0.3, -0.25) is 4.99 Å². The third-order valence-electron chi connectivity index (χ3n) is 5.17. The van der Waals surface area contributed by atoms with Gasteiger partial charge in [-0.25, -0.2) is 4.98 Å². The standard InChI is InChI=1S/C18H32N4S/c1-8-19-16(22-12-17(4,5)18(22,6)7)20-10-9-14-11-23-15(21-14)13(2)3/h11,13H,8-10,12H2,1-7H3,(H,19,20). The molecular weight excluding hydrogens is 304 g/mol. The van der Waals surface area contributed by atoms with Crippen LogP contribution in [0.15, 0.2) is 10.4 Å². The molecule has 0 saturated carbocycles. The predicted octanol–water partition coefficient (Wildman–Crippen LogP) is 3.89. The summed E-state index contributed by atoms with van der Waals surface area (Å²) in [6, 6.07) is 0. The van der Waals surface area contributed by atoms with E-state index in [-0.39, 0.29) is 5.54 Å². The molecule has 0 unspecified atom stereocenters. The van der Waals surface area contributed by atoms with Crippen molar-refractivity contribution in [3.63, 3.8) is 0 Å². The van der Waals surface area contributed by atoms with Crippen LogP contribution in [0.3, 0.4) is 0 Å². The maximum atomic E-state index is 4.84. The van der Waals surface area contributed by atoms with Crippen LogP contribution in [-0.4, -0.2) is 41.0 Å². The largest absolute Gasteiger partial charge is 0.356 e. The minimum absolute atomic E-state index is 0.138. The highest BCUT2D eigenvalue weighted by Crippen LogP contribution is 2.46. The fraction of sp³-hybridized carbons (Fsp3) is 0.778. The molecular formula is C18H32N4S. The Kier molecular flexibility index (Phi) is 5.39. The maximum absolute atomic E-state index is 4.84. The van der Waals surface area contributed by atoms with E-state index in [0.29, 0.717) is 11.3 Å². The van der Waals surface area contributed by atoms with E-state index in [2.05, 4.69) is 64.1 Å². The van der Waals surface area contributed by atoms with Crippen molar-refractivity contribution in [2.24, 2.45) is 10.4 Å². The van der Waals surface area contributed by atoms with E-state index < -0.39 is 0 Å². The number of guanidine groups is 1. The number of rotatable bonds is 5. The Bertz CT molecular complexity index is 557. The lowest BCUT2D eigenvalue weighted by Gasteiger charge is -2.62. The van der Waals surface area contributed by atoms with E-state index in [0.717, 1.165) is 32.0 Å². The first kappa shape index (κ1) is 18.2. The Labute approximate surface area is 145 Å². The summed E-state index contributed by atoms with van der Waals surface area (Å²) in [5.74, 6) is 1.55. The molecule has 1 N–H and O–H groups in total. The summed E-state index contributed by atoms with van der Waals surface area (Å²) in [6.07, 6.45) is 0.912. The predicted molar refractivity (Wildman–Crippen MR) is 100 cm³/mol. The number of aromatic nitrogens is 1. The van der Waals surface area contributed by atoms with Crippen LogP contribution in [0.1, 0.15) is 65.1 Å². The Hall–Kier alpha value is -1.10. The average molecular weight is 337 g/mol. The summed E-state index contributed by atoms with van der Waals surface area (Å²) in [4.78, 5) is 11.9. The molecule has 1 aromatic rings. The molecule has 0 aliphatic carbocycles. The van der Waals surface area contributed by atoms with Gasteiger partial charge in [-0.15, -0.1) is 11.3 Å². The summed E-state index contributed by atoms with van der Waals surface area (Å²) in [7, 11) is 0. The zero-order chi connectivity index (χ0) is 17.3. The number of nitrogens with zero attached hydrogens (tertiary/aromatic N) is 3. The molecule has 1 saturated heterocycles. The van der Waals surface area contributed by atoms with Crippen molar-refractivity contribution >= 4 is 17.3 Å². The molecule has 2 heterocycles. The lowest BCUT2D eigenvalue weighted by atomic mass is 9.65. The van der Waals surface area contributed by atoms with Crippen molar-refractivity contribution in [2.75, 3.05) is 19.6 Å². The van der Waals surface area contributed by atoms with Crippen molar-refractivity contribution in [2.45, 2.75) is 66.3 Å². The first-order valence-corrected chi connectivity index (χ1v) is 9.57. The lowest BCUT2D eigenvalue weighted by Crippen LogP contribution is -2.72. The third-order valence-corrected chi connectivity index (χ3v) is 6.36. The molecule has 4 nitrogen and oxygen atoms in total. The molecule has 2 rings (SSSR count). The Morgan fingerprint density at radius 1 is 1.39 bits per heavy atom. The van der Waals surface area contributed by atoms with Gasteiger partial charge in [0.1, 0.15) is 0 Å². The van der Waals surface area contributed by atoms with Gasteiger partial charge in [-0.2, -0.15) is 0 Å². The summed E-state index contributed by atoms with van der Waals surface area (Å²) >= 11 is 1.76. The Balaban J connectivity index is 1.99. The SMILES string of the molecule is CCNC(=NCCc1csc(C(C)C)n1)N1CC(C)(C)C1(C)C. The summed E-state index contributed by atoms with van der Waals surface area (Å²) in [5.41, 5.74) is 1.63. The molecule has 0 amide bonds. The van der Waals surface area contributed by atoms with Crippen LogP contribution < -0.4 is 5.32 Å². The van der Waals surface area contributed by atoms with Crippen molar-refractivity contribution in [1.82, 2.24) is 15.2 Å². The zero-order valence-corrected chi connectivity index (χ0v) is 16.5. The third kappa shape index (κ3) is 3.70. The van der Waals surface area contributed by atoms with E-state index in [9.17, 15) is 0 Å². The second-order valence-electron chi connectivity index (χ2n) is 7.85. The quantitative estimate of drug-likeness (QED) is 0.655. The van der Waals surface area contributed by atoms with Gasteiger partial charge in [-0.05, 0) is 20.8 Å². The van der Waals surface area contributed by atoms with Crippen molar-refractivity contribution in [1.29, 1.82) is 0 Å². The number of nitrogens with one attached hydrogen (secondary N) is 1. The van der Waals surface area contributed by atoms with Gasteiger partial charge in [0.05, 0.1) is 10.7 Å². The smallest absolute Gasteiger partial charge is 0.194 e. The van der Waals surface area contributed by atoms with Crippen LogP contribution in [0.2, 0.25) is 0 Å². The number of hydrogen-bond acceptors (Lipinski definition) is 3. The molecule has 0 aromatic carbocycles. The number of thiazole rings is 1. The molecule has 5 heteroatoms. The summed E-state index contributed by atoms with van der Waals surface area (Å²) in [6.45, 7) is 18.5. The molecule has 0 bridgehead atoms. The van der Waals surface area contributed by atoms with Gasteiger partial charge >= 0.3 is 0 Å². The molecule has 130 valence electrons. The van der Waals surface area contributed by atoms with Crippen molar-refractivity contribution in [3.05, 3.63) is 16.1 Å². The van der Waals surface area contributed by atoms with E-state index >= 15 is 0 Å². The monoisotopic (exact) mass is 336 g/mol. The number of hydrogen-bond donors (Lipinski definition) is 1. The van der Waals surface area contributed by atoms with Crippen molar-refractivity contribution in [3.8, 4) is 0 Å². The molecule has 1 fully saturated rings. The molecule has 1 aliphatic heterocycles. The first-order valence-electron chi connectivity index (χ1n) is 8.69. The van der Waals surface area contributed by atoms with Crippen LogP contribution in [0.25, 0.3) is 0 Å². The van der Waals surface area contributed by atoms with E-state index in [1.807, 2.05) is 0 Å². The fourth-order valence-electron chi connectivity index (χ4n) is 2.77. The first-order chi connectivity index (χ1) is 10.7. The highest BCUT2D eigenvalue weighted by molar-refractivity contribution is 7.09. The Morgan fingerprint density at radius 2 is 2.09 bits per heavy atom. The summed E-state index contributed by atoms with van der Waals surface area (Å²) < 4.78 is 0. The molecule has 1 aliphatic rings. The van der Waals surface area contributed by atoms with Crippen molar-refractivity contribution < 1.29 is 0 Å². The minimum atomic E-state index is 0.138. The number of likely N-dealkylation sites (tertiary alicyclic amines) is 1. The van der Waals surface area contributed by atoms with Crippen LogP contribution >= 0.6 is 11.3 Å². The van der Waals surface area contributed by atoms with Crippen LogP contribution in [0, 0.1) is 5.41 Å². The lowest BCUT2D eigenvalue weighted by molar-refractivity contribution is -0.0667. The van der Waals surface area contributed by atoms with Crippen LogP contribution in [0.4, 0.5) is 0 Å². The van der Waals surface area contributed by atoms with Gasteiger partial charge in [0.25, 0.3) is 0 Å². The second-order valence-corrected chi connectivity index (χ2v) is 8.74. The molecule has 0 radical (unpaired) electrons. The normalized spacial score (nSPS) is 19.8. The van der Waals surface area contributed by atoms with Gasteiger partial charge in [0.2, 0.25) is 0 Å². The zero-order valence-electron chi connectivity index (χ0n) is 15.7. The molecule has 1 aromatic heterocycles. The van der Waals surface area contributed by atoms with E-state index in [1.165, 1.54) is 10.7 Å². The highest BCUT2D eigenvalue weighted by atomic mass is 32.1. The molecule has 23 heavy (non-hydrogen) atoms. The fourth-order valence-corrected chi connectivity index (χ4v) is 3.64. The Morgan fingerprint density at radius 3 is 2.57 bits per heavy atom. The van der Waals surface area contributed by atoms with Gasteiger partial charge < -0.3 is 10.2 Å². The van der Waals surface area contributed by atoms with Crippen LogP contribution in [-0.2, 0) is 6.42 Å².